The summed E-state index contributed by atoms with van der Waals surface area (Å²) in [4.78, 5) is 57.9. The largest absolute Gasteiger partial charge is 0.468 e. The minimum Gasteiger partial charge on any atom is -0.468 e. The number of fused-ring (bicyclic) bond motifs is 1. The van der Waals surface area contributed by atoms with Crippen LogP contribution >= 0.6 is 0 Å². The Morgan fingerprint density at radius 3 is 2.26 bits per heavy atom. The molecule has 3 aliphatic rings. The molecule has 0 saturated carbocycles. The number of piperidine rings is 1. The molecule has 0 aromatic carbocycles. The SMILES string of the molecule is CCCCCCCCN1C(=O)[C@H](CC(=O)N2CCN(C(=O)OCC)CC2)C[C@@]2(C(=O)OC)CC(C)(C)CC=C12. The fourth-order valence-electron chi connectivity index (χ4n) is 6.53. The monoisotopic (exact) mass is 547 g/mol. The predicted octanol–water partition coefficient (Wildman–Crippen LogP) is 4.75. The van der Waals surface area contributed by atoms with Gasteiger partial charge in [-0.15, -0.1) is 0 Å². The van der Waals surface area contributed by atoms with E-state index in [1.54, 1.807) is 16.7 Å². The number of hydrogen-bond acceptors (Lipinski definition) is 6. The third-order valence-electron chi connectivity index (χ3n) is 8.51. The van der Waals surface area contributed by atoms with Crippen molar-refractivity contribution in [2.75, 3.05) is 46.4 Å². The van der Waals surface area contributed by atoms with Gasteiger partial charge in [0.05, 0.1) is 13.7 Å². The second-order valence-corrected chi connectivity index (χ2v) is 12.1. The van der Waals surface area contributed by atoms with Gasteiger partial charge in [-0.25, -0.2) is 4.79 Å². The molecule has 0 N–H and O–H groups in total. The molecule has 2 heterocycles. The molecule has 9 heteroatoms. The predicted molar refractivity (Wildman–Crippen MR) is 149 cm³/mol. The molecule has 2 aliphatic heterocycles. The number of esters is 1. The lowest BCUT2D eigenvalue weighted by Crippen LogP contribution is -2.56. The Morgan fingerprint density at radius 2 is 1.62 bits per heavy atom. The molecule has 3 rings (SSSR count). The number of methoxy groups -OCH3 is 1. The minimum absolute atomic E-state index is 0.0533. The molecule has 9 nitrogen and oxygen atoms in total. The topological polar surface area (TPSA) is 96.5 Å². The number of hydrogen-bond donors (Lipinski definition) is 0. The first-order valence-corrected chi connectivity index (χ1v) is 14.9. The minimum atomic E-state index is -0.930. The Kier molecular flexibility index (Phi) is 10.8. The van der Waals surface area contributed by atoms with Crippen molar-refractivity contribution < 1.29 is 28.7 Å². The molecule has 0 bridgehead atoms. The normalized spacial score (nSPS) is 24.6. The first-order chi connectivity index (χ1) is 18.6. The zero-order valence-electron chi connectivity index (χ0n) is 24.8. The Balaban J connectivity index is 1.77. The molecule has 1 aliphatic carbocycles. The van der Waals surface area contributed by atoms with Crippen LogP contribution in [0.2, 0.25) is 0 Å². The van der Waals surface area contributed by atoms with Crippen LogP contribution in [0.4, 0.5) is 4.79 Å². The molecule has 220 valence electrons. The maximum atomic E-state index is 13.9. The first kappa shape index (κ1) is 31.0. The zero-order valence-corrected chi connectivity index (χ0v) is 24.8. The molecule has 2 saturated heterocycles. The highest BCUT2D eigenvalue weighted by Gasteiger charge is 2.57. The summed E-state index contributed by atoms with van der Waals surface area (Å²) in [5.41, 5.74) is -0.277. The summed E-state index contributed by atoms with van der Waals surface area (Å²) in [7, 11) is 1.41. The van der Waals surface area contributed by atoms with E-state index >= 15 is 0 Å². The number of piperazine rings is 1. The van der Waals surface area contributed by atoms with Gasteiger partial charge in [0.2, 0.25) is 11.8 Å². The molecular formula is C30H49N3O6. The number of carbonyl (C=O) groups excluding carboxylic acids is 4. The van der Waals surface area contributed by atoms with Crippen molar-refractivity contribution in [2.24, 2.45) is 16.7 Å². The van der Waals surface area contributed by atoms with Crippen LogP contribution in [0, 0.1) is 16.7 Å². The van der Waals surface area contributed by atoms with E-state index in [4.69, 9.17) is 9.47 Å². The summed E-state index contributed by atoms with van der Waals surface area (Å²) in [5, 5.41) is 0. The highest BCUT2D eigenvalue weighted by Crippen LogP contribution is 2.54. The smallest absolute Gasteiger partial charge is 0.409 e. The van der Waals surface area contributed by atoms with Crippen molar-refractivity contribution >= 4 is 23.9 Å². The lowest BCUT2D eigenvalue weighted by atomic mass is 9.59. The number of likely N-dealkylation sites (tertiary alicyclic amines) is 1. The second-order valence-electron chi connectivity index (χ2n) is 12.1. The molecule has 0 unspecified atom stereocenters. The van der Waals surface area contributed by atoms with Crippen molar-refractivity contribution in [3.63, 3.8) is 0 Å². The summed E-state index contributed by atoms with van der Waals surface area (Å²) in [5.74, 6) is -1.08. The van der Waals surface area contributed by atoms with E-state index in [9.17, 15) is 19.2 Å². The van der Waals surface area contributed by atoms with Crippen molar-refractivity contribution in [1.82, 2.24) is 14.7 Å². The van der Waals surface area contributed by atoms with Crippen LogP contribution in [0.25, 0.3) is 0 Å². The fraction of sp³-hybridized carbons (Fsp3) is 0.800. The van der Waals surface area contributed by atoms with Gasteiger partial charge in [-0.05, 0) is 38.0 Å². The van der Waals surface area contributed by atoms with E-state index < -0.39 is 11.3 Å². The maximum absolute atomic E-state index is 13.9. The van der Waals surface area contributed by atoms with Gasteiger partial charge in [0.15, 0.2) is 0 Å². The Hall–Kier alpha value is -2.58. The average molecular weight is 548 g/mol. The van der Waals surface area contributed by atoms with Crippen LogP contribution < -0.4 is 0 Å². The molecule has 0 aromatic rings. The Labute approximate surface area is 234 Å². The number of rotatable bonds is 11. The van der Waals surface area contributed by atoms with Crippen LogP contribution in [0.5, 0.6) is 0 Å². The van der Waals surface area contributed by atoms with Gasteiger partial charge in [-0.1, -0.05) is 59.0 Å². The van der Waals surface area contributed by atoms with Crippen LogP contribution in [-0.2, 0) is 23.9 Å². The van der Waals surface area contributed by atoms with Gasteiger partial charge in [-0.2, -0.15) is 0 Å². The zero-order chi connectivity index (χ0) is 28.6. The summed E-state index contributed by atoms with van der Waals surface area (Å²) >= 11 is 0. The third kappa shape index (κ3) is 7.34. The van der Waals surface area contributed by atoms with Crippen LogP contribution in [0.1, 0.15) is 91.9 Å². The highest BCUT2D eigenvalue weighted by atomic mass is 16.6. The molecule has 0 radical (unpaired) electrons. The first-order valence-electron chi connectivity index (χ1n) is 14.9. The van der Waals surface area contributed by atoms with E-state index in [0.29, 0.717) is 45.8 Å². The number of amides is 3. The molecule has 3 amide bonds. The Morgan fingerprint density at radius 1 is 0.974 bits per heavy atom. The summed E-state index contributed by atoms with van der Waals surface area (Å²) < 4.78 is 10.4. The van der Waals surface area contributed by atoms with Crippen LogP contribution in [0.3, 0.4) is 0 Å². The summed E-state index contributed by atoms with van der Waals surface area (Å²) in [6.45, 7) is 10.7. The molecule has 0 spiro atoms. The number of unbranched alkanes of at least 4 members (excludes halogenated alkanes) is 5. The van der Waals surface area contributed by atoms with E-state index in [1.807, 2.05) is 4.90 Å². The number of ether oxygens (including phenoxy) is 2. The quantitative estimate of drug-likeness (QED) is 0.274. The average Bonchev–Trinajstić information content (AvgIpc) is 2.91. The fourth-order valence-corrected chi connectivity index (χ4v) is 6.53. The summed E-state index contributed by atoms with van der Waals surface area (Å²) in [6.07, 6.45) is 10.0. The van der Waals surface area contributed by atoms with E-state index in [2.05, 4.69) is 26.8 Å². The standard InChI is InChI=1S/C30H49N3O6/c1-6-8-9-10-11-12-15-33-24-13-14-29(3,4)22-30(24,27(36)38-5)21-23(26(33)35)20-25(34)31-16-18-32(19-17-31)28(37)39-7-2/h13,23H,6-12,14-22H2,1-5H3/t23-,30-/m1/s1. The van der Waals surface area contributed by atoms with Gasteiger partial charge in [0, 0.05) is 50.8 Å². The third-order valence-corrected chi connectivity index (χ3v) is 8.51. The van der Waals surface area contributed by atoms with Crippen LogP contribution in [-0.4, -0.2) is 85.0 Å². The van der Waals surface area contributed by atoms with Crippen molar-refractivity contribution in [2.45, 2.75) is 91.9 Å². The summed E-state index contributed by atoms with van der Waals surface area (Å²) in [6, 6.07) is 0. The number of allylic oxidation sites excluding steroid dienone is 1. The molecular weight excluding hydrogens is 498 g/mol. The van der Waals surface area contributed by atoms with E-state index in [-0.39, 0.29) is 42.1 Å². The molecule has 0 aromatic heterocycles. The maximum Gasteiger partial charge on any atom is 0.409 e. The lowest BCUT2D eigenvalue weighted by molar-refractivity contribution is -0.163. The second kappa shape index (κ2) is 13.7. The van der Waals surface area contributed by atoms with Gasteiger partial charge in [-0.3, -0.25) is 14.4 Å². The van der Waals surface area contributed by atoms with Gasteiger partial charge in [0.25, 0.3) is 0 Å². The molecule has 2 atom stereocenters. The van der Waals surface area contributed by atoms with Crippen molar-refractivity contribution in [3.05, 3.63) is 11.8 Å². The highest BCUT2D eigenvalue weighted by molar-refractivity contribution is 5.92. The van der Waals surface area contributed by atoms with Gasteiger partial charge >= 0.3 is 12.1 Å². The van der Waals surface area contributed by atoms with Gasteiger partial charge < -0.3 is 24.2 Å². The van der Waals surface area contributed by atoms with Gasteiger partial charge in [0.1, 0.15) is 5.41 Å². The van der Waals surface area contributed by atoms with E-state index in [1.165, 1.54) is 26.4 Å². The Bertz CT molecular complexity index is 924. The van der Waals surface area contributed by atoms with Crippen LogP contribution in [0.15, 0.2) is 11.8 Å². The number of nitrogens with zero attached hydrogens (tertiary/aromatic N) is 3. The van der Waals surface area contributed by atoms with Crippen molar-refractivity contribution in [1.29, 1.82) is 0 Å². The lowest BCUT2D eigenvalue weighted by Gasteiger charge is -2.51. The molecule has 2 fully saturated rings. The van der Waals surface area contributed by atoms with Crippen molar-refractivity contribution in [3.8, 4) is 0 Å². The van der Waals surface area contributed by atoms with E-state index in [0.717, 1.165) is 31.4 Å². The molecule has 39 heavy (non-hydrogen) atoms. The number of carbonyl (C=O) groups is 4.